The highest BCUT2D eigenvalue weighted by molar-refractivity contribution is 7.99. The second kappa shape index (κ2) is 7.24. The van der Waals surface area contributed by atoms with E-state index >= 15 is 0 Å². The minimum absolute atomic E-state index is 0.323. The largest absolute Gasteiger partial charge is 0.394 e. The van der Waals surface area contributed by atoms with Crippen LogP contribution in [-0.4, -0.2) is 57.6 Å². The Morgan fingerprint density at radius 3 is 2.52 bits per heavy atom. The van der Waals surface area contributed by atoms with E-state index in [0.29, 0.717) is 0 Å². The van der Waals surface area contributed by atoms with Gasteiger partial charge in [0.15, 0.2) is 0 Å². The Hall–Kier alpha value is -1.12. The zero-order valence-corrected chi connectivity index (χ0v) is 12.4. The number of hydrogen-bond acceptors (Lipinski definition) is 6. The third-order valence-corrected chi connectivity index (χ3v) is 4.43. The fourth-order valence-corrected chi connectivity index (χ4v) is 3.36. The number of aliphatic hydroxyl groups excluding tert-OH is 3. The molecule has 1 aromatic carbocycles. The Labute approximate surface area is 127 Å². The molecule has 0 spiro atoms. The minimum Gasteiger partial charge on any atom is -0.394 e. The van der Waals surface area contributed by atoms with Gasteiger partial charge in [0.2, 0.25) is 5.91 Å². The van der Waals surface area contributed by atoms with Crippen LogP contribution in [0.2, 0.25) is 0 Å². The van der Waals surface area contributed by atoms with E-state index in [2.05, 4.69) is 5.32 Å². The number of carbonyl (C=O) groups is 1. The van der Waals surface area contributed by atoms with E-state index in [9.17, 15) is 20.1 Å². The molecule has 1 amide bonds. The molecule has 2 unspecified atom stereocenters. The summed E-state index contributed by atoms with van der Waals surface area (Å²) < 4.78 is 5.62. The number of benzene rings is 1. The van der Waals surface area contributed by atoms with Crippen LogP contribution in [0.3, 0.4) is 0 Å². The van der Waals surface area contributed by atoms with E-state index in [-0.39, 0.29) is 5.91 Å². The molecule has 6 nitrogen and oxygen atoms in total. The molecule has 0 saturated carbocycles. The van der Waals surface area contributed by atoms with Crippen molar-refractivity contribution >= 4 is 17.7 Å². The van der Waals surface area contributed by atoms with Gasteiger partial charge >= 0.3 is 0 Å². The number of rotatable bonds is 4. The summed E-state index contributed by atoms with van der Waals surface area (Å²) >= 11 is 1.32. The molecule has 1 heterocycles. The summed E-state index contributed by atoms with van der Waals surface area (Å²) in [5.41, 5.74) is -0.605. The summed E-state index contributed by atoms with van der Waals surface area (Å²) in [6.45, 7) is 0.929. The number of amides is 1. The van der Waals surface area contributed by atoms with Crippen LogP contribution in [0.4, 0.5) is 0 Å². The normalized spacial score (nSPS) is 32.7. The molecule has 21 heavy (non-hydrogen) atoms. The van der Waals surface area contributed by atoms with Gasteiger partial charge in [-0.3, -0.25) is 4.79 Å². The van der Waals surface area contributed by atoms with Crippen LogP contribution >= 0.6 is 11.8 Å². The van der Waals surface area contributed by atoms with Gasteiger partial charge in [0.1, 0.15) is 23.7 Å². The topological polar surface area (TPSA) is 99.0 Å². The molecule has 1 saturated heterocycles. The Kier molecular flexibility index (Phi) is 5.60. The molecule has 0 aliphatic carbocycles. The first-order chi connectivity index (χ1) is 10.0. The molecule has 0 aromatic heterocycles. The predicted octanol–water partition coefficient (Wildman–Crippen LogP) is -0.278. The molecule has 116 valence electrons. The summed E-state index contributed by atoms with van der Waals surface area (Å²) in [5, 5.41) is 31.9. The van der Waals surface area contributed by atoms with Crippen molar-refractivity contribution in [1.82, 2.24) is 5.32 Å². The number of carbonyl (C=O) groups excluding carboxylic acids is 1. The fraction of sp³-hybridized carbons (Fsp3) is 0.500. The predicted molar refractivity (Wildman–Crippen MR) is 77.7 cm³/mol. The SMILES string of the molecule is CC(=O)NC1[C@@H](O)[C@H](O)C(CO)O[C@H]1Sc1ccccc1. The number of hydrogen-bond donors (Lipinski definition) is 4. The summed E-state index contributed by atoms with van der Waals surface area (Å²) in [6.07, 6.45) is -3.34. The van der Waals surface area contributed by atoms with Crippen LogP contribution in [0.25, 0.3) is 0 Å². The van der Waals surface area contributed by atoms with E-state index in [1.807, 2.05) is 30.3 Å². The van der Waals surface area contributed by atoms with Crippen molar-refractivity contribution in [3.8, 4) is 0 Å². The van der Waals surface area contributed by atoms with Gasteiger partial charge in [-0.1, -0.05) is 30.0 Å². The highest BCUT2D eigenvalue weighted by Gasteiger charge is 2.44. The van der Waals surface area contributed by atoms with Gasteiger partial charge in [-0.25, -0.2) is 0 Å². The van der Waals surface area contributed by atoms with Gasteiger partial charge in [0.25, 0.3) is 0 Å². The first-order valence-corrected chi connectivity index (χ1v) is 7.52. The van der Waals surface area contributed by atoms with Crippen molar-refractivity contribution in [2.24, 2.45) is 0 Å². The smallest absolute Gasteiger partial charge is 0.217 e. The molecular formula is C14H19NO5S. The highest BCUT2D eigenvalue weighted by atomic mass is 32.2. The van der Waals surface area contributed by atoms with Gasteiger partial charge in [-0.2, -0.15) is 0 Å². The van der Waals surface area contributed by atoms with Crippen molar-refractivity contribution < 1.29 is 24.9 Å². The molecule has 0 bridgehead atoms. The Morgan fingerprint density at radius 1 is 1.29 bits per heavy atom. The quantitative estimate of drug-likeness (QED) is 0.610. The van der Waals surface area contributed by atoms with E-state index in [1.54, 1.807) is 0 Å². The summed E-state index contributed by atoms with van der Waals surface area (Å²) in [7, 11) is 0. The molecule has 4 N–H and O–H groups in total. The van der Waals surface area contributed by atoms with Crippen molar-refractivity contribution in [2.75, 3.05) is 6.61 Å². The van der Waals surface area contributed by atoms with Crippen LogP contribution in [0.15, 0.2) is 35.2 Å². The third-order valence-electron chi connectivity index (χ3n) is 3.25. The van der Waals surface area contributed by atoms with Crippen molar-refractivity contribution in [3.63, 3.8) is 0 Å². The first-order valence-electron chi connectivity index (χ1n) is 6.64. The third kappa shape index (κ3) is 3.96. The molecule has 7 heteroatoms. The van der Waals surface area contributed by atoms with Crippen LogP contribution in [0.1, 0.15) is 6.92 Å². The summed E-state index contributed by atoms with van der Waals surface area (Å²) in [5.74, 6) is -0.323. The summed E-state index contributed by atoms with van der Waals surface area (Å²) in [4.78, 5) is 12.2. The molecule has 5 atom stereocenters. The van der Waals surface area contributed by atoms with E-state index < -0.39 is 36.4 Å². The molecule has 1 aliphatic heterocycles. The number of nitrogens with one attached hydrogen (secondary N) is 1. The average Bonchev–Trinajstić information content (AvgIpc) is 2.47. The van der Waals surface area contributed by atoms with Crippen LogP contribution in [0, 0.1) is 0 Å². The standard InChI is InChI=1S/C14H19NO5S/c1-8(17)15-11-13(19)12(18)10(7-16)20-14(11)21-9-5-3-2-4-6-9/h2-6,10-14,16,18-19H,7H2,1H3,(H,15,17)/t10?,11?,12-,13-,14+/m1/s1. The zero-order chi connectivity index (χ0) is 15.4. The highest BCUT2D eigenvalue weighted by Crippen LogP contribution is 2.33. The van der Waals surface area contributed by atoms with Gasteiger partial charge in [-0.05, 0) is 12.1 Å². The minimum atomic E-state index is -1.25. The van der Waals surface area contributed by atoms with E-state index in [4.69, 9.17) is 4.74 Å². The lowest BCUT2D eigenvalue weighted by atomic mass is 9.98. The Bertz CT molecular complexity index is 472. The maximum atomic E-state index is 11.3. The summed E-state index contributed by atoms with van der Waals surface area (Å²) in [6, 6.07) is 8.62. The number of aliphatic hydroxyl groups is 3. The maximum Gasteiger partial charge on any atom is 0.217 e. The molecule has 1 fully saturated rings. The van der Waals surface area contributed by atoms with Crippen LogP contribution < -0.4 is 5.32 Å². The van der Waals surface area contributed by atoms with Crippen molar-refractivity contribution in [2.45, 2.75) is 41.6 Å². The van der Waals surface area contributed by atoms with Crippen molar-refractivity contribution in [1.29, 1.82) is 0 Å². The van der Waals surface area contributed by atoms with Crippen molar-refractivity contribution in [3.05, 3.63) is 30.3 Å². The van der Waals surface area contributed by atoms with Gasteiger partial charge in [-0.15, -0.1) is 0 Å². The van der Waals surface area contributed by atoms with Gasteiger partial charge < -0.3 is 25.4 Å². The lowest BCUT2D eigenvalue weighted by Gasteiger charge is -2.42. The van der Waals surface area contributed by atoms with Gasteiger partial charge in [0.05, 0.1) is 12.6 Å². The average molecular weight is 313 g/mol. The van der Waals surface area contributed by atoms with E-state index in [0.717, 1.165) is 4.90 Å². The van der Waals surface area contributed by atoms with Crippen LogP contribution in [-0.2, 0) is 9.53 Å². The maximum absolute atomic E-state index is 11.3. The monoisotopic (exact) mass is 313 g/mol. The lowest BCUT2D eigenvalue weighted by molar-refractivity contribution is -0.173. The second-order valence-corrected chi connectivity index (χ2v) is 6.04. The Morgan fingerprint density at radius 2 is 1.95 bits per heavy atom. The number of ether oxygens (including phenoxy) is 1. The first kappa shape index (κ1) is 16.3. The second-order valence-electron chi connectivity index (χ2n) is 4.86. The molecule has 1 aliphatic rings. The molecular weight excluding hydrogens is 294 g/mol. The number of thioether (sulfide) groups is 1. The lowest BCUT2D eigenvalue weighted by Crippen LogP contribution is -2.63. The molecule has 1 aromatic rings. The fourth-order valence-electron chi connectivity index (χ4n) is 2.20. The van der Waals surface area contributed by atoms with E-state index in [1.165, 1.54) is 18.7 Å². The van der Waals surface area contributed by atoms with Gasteiger partial charge in [0, 0.05) is 11.8 Å². The van der Waals surface area contributed by atoms with Crippen LogP contribution in [0.5, 0.6) is 0 Å². The zero-order valence-electron chi connectivity index (χ0n) is 11.5. The molecule has 0 radical (unpaired) electrons. The Balaban J connectivity index is 2.18. The molecule has 2 rings (SSSR count).